The first-order valence-corrected chi connectivity index (χ1v) is 5.51. The van der Waals surface area contributed by atoms with Gasteiger partial charge in [-0.25, -0.2) is 0 Å². The molecule has 2 rings (SSSR count). The fourth-order valence-corrected chi connectivity index (χ4v) is 2.28. The highest BCUT2D eigenvalue weighted by Crippen LogP contribution is 2.19. The molecule has 0 aromatic rings. The lowest BCUT2D eigenvalue weighted by Gasteiger charge is -2.34. The second-order valence-corrected chi connectivity index (χ2v) is 4.46. The van der Waals surface area contributed by atoms with E-state index in [1.165, 1.54) is 0 Å². The summed E-state index contributed by atoms with van der Waals surface area (Å²) in [5, 5.41) is 0. The molecule has 0 radical (unpaired) electrons. The zero-order valence-electron chi connectivity index (χ0n) is 8.86. The summed E-state index contributed by atoms with van der Waals surface area (Å²) < 4.78 is 5.41. The van der Waals surface area contributed by atoms with Crippen LogP contribution in [0, 0.1) is 5.92 Å². The average Bonchev–Trinajstić information content (AvgIpc) is 2.56. The molecule has 80 valence electrons. The van der Waals surface area contributed by atoms with Gasteiger partial charge in [0.25, 0.3) is 0 Å². The van der Waals surface area contributed by atoms with Gasteiger partial charge in [-0.2, -0.15) is 0 Å². The van der Waals surface area contributed by atoms with Crippen LogP contribution in [0.25, 0.3) is 0 Å². The number of nitrogens with two attached hydrogens (primary N) is 1. The molecule has 0 spiro atoms. The van der Waals surface area contributed by atoms with Gasteiger partial charge in [-0.3, -0.25) is 4.90 Å². The van der Waals surface area contributed by atoms with Crippen molar-refractivity contribution >= 4 is 0 Å². The van der Waals surface area contributed by atoms with Crippen LogP contribution in [-0.2, 0) is 4.74 Å². The van der Waals surface area contributed by atoms with Crippen molar-refractivity contribution in [1.82, 2.24) is 4.90 Å². The van der Waals surface area contributed by atoms with Gasteiger partial charge >= 0.3 is 0 Å². The largest absolute Gasteiger partial charge is 0.379 e. The molecule has 1 fully saturated rings. The zero-order valence-corrected chi connectivity index (χ0v) is 8.86. The molecular formula is C11H20N2O. The predicted octanol–water partition coefficient (Wildman–Crippen LogP) is 0.610. The molecule has 3 heteroatoms. The van der Waals surface area contributed by atoms with E-state index in [0.717, 1.165) is 32.7 Å². The topological polar surface area (TPSA) is 38.5 Å². The van der Waals surface area contributed by atoms with Crippen molar-refractivity contribution < 1.29 is 4.74 Å². The maximum absolute atomic E-state index is 5.83. The van der Waals surface area contributed by atoms with Gasteiger partial charge in [0.05, 0.1) is 13.2 Å². The molecule has 1 heterocycles. The van der Waals surface area contributed by atoms with Gasteiger partial charge in [0.1, 0.15) is 0 Å². The third kappa shape index (κ3) is 2.35. The minimum absolute atomic E-state index is 0.288. The summed E-state index contributed by atoms with van der Waals surface area (Å²) in [5.41, 5.74) is 5.83. The van der Waals surface area contributed by atoms with Crippen LogP contribution < -0.4 is 5.73 Å². The van der Waals surface area contributed by atoms with Crippen molar-refractivity contribution in [2.45, 2.75) is 25.4 Å². The Morgan fingerprint density at radius 2 is 2.36 bits per heavy atom. The number of morpholine rings is 1. The summed E-state index contributed by atoms with van der Waals surface area (Å²) in [6, 6.07) is 0.852. The van der Waals surface area contributed by atoms with Gasteiger partial charge in [0, 0.05) is 25.2 Å². The molecule has 1 aliphatic heterocycles. The second kappa shape index (κ2) is 4.43. The van der Waals surface area contributed by atoms with Crippen LogP contribution in [0.15, 0.2) is 12.2 Å². The van der Waals surface area contributed by atoms with Gasteiger partial charge in [-0.05, 0) is 19.3 Å². The predicted molar refractivity (Wildman–Crippen MR) is 57.1 cm³/mol. The summed E-state index contributed by atoms with van der Waals surface area (Å²) in [7, 11) is 0. The van der Waals surface area contributed by atoms with Crippen LogP contribution in [-0.4, -0.2) is 43.3 Å². The van der Waals surface area contributed by atoms with E-state index in [4.69, 9.17) is 10.5 Å². The van der Waals surface area contributed by atoms with Crippen LogP contribution in [0.3, 0.4) is 0 Å². The van der Waals surface area contributed by atoms with Crippen molar-refractivity contribution in [2.75, 3.05) is 26.3 Å². The van der Waals surface area contributed by atoms with Crippen molar-refractivity contribution in [1.29, 1.82) is 0 Å². The molecule has 1 saturated heterocycles. The smallest absolute Gasteiger partial charge is 0.0619 e. The van der Waals surface area contributed by atoms with Gasteiger partial charge in [0.15, 0.2) is 0 Å². The number of hydrogen-bond donors (Lipinski definition) is 1. The summed E-state index contributed by atoms with van der Waals surface area (Å²) >= 11 is 0. The van der Waals surface area contributed by atoms with Crippen molar-refractivity contribution in [3.05, 3.63) is 12.2 Å². The number of ether oxygens (including phenoxy) is 1. The molecule has 0 aromatic heterocycles. The van der Waals surface area contributed by atoms with E-state index >= 15 is 0 Å². The van der Waals surface area contributed by atoms with Crippen molar-refractivity contribution in [3.63, 3.8) is 0 Å². The molecule has 1 aliphatic carbocycles. The highest BCUT2D eigenvalue weighted by atomic mass is 16.5. The highest BCUT2D eigenvalue weighted by Gasteiger charge is 2.23. The molecule has 0 aromatic carbocycles. The maximum atomic E-state index is 5.83. The number of hydrogen-bond acceptors (Lipinski definition) is 3. The van der Waals surface area contributed by atoms with Gasteiger partial charge < -0.3 is 10.5 Å². The van der Waals surface area contributed by atoms with Crippen LogP contribution in [0.2, 0.25) is 0 Å². The van der Waals surface area contributed by atoms with E-state index in [1.807, 2.05) is 0 Å². The van der Waals surface area contributed by atoms with Gasteiger partial charge in [-0.15, -0.1) is 0 Å². The van der Waals surface area contributed by atoms with E-state index in [0.29, 0.717) is 12.0 Å². The standard InChI is InChI=1S/C11H20N2O/c1-9-8-14-5-4-13(9)7-10-2-3-11(12)6-10/h2-3,9-11H,4-8,12H2,1H3. The normalized spacial score (nSPS) is 39.1. The maximum Gasteiger partial charge on any atom is 0.0619 e. The van der Waals surface area contributed by atoms with Crippen molar-refractivity contribution in [2.24, 2.45) is 11.7 Å². The first kappa shape index (κ1) is 10.1. The minimum Gasteiger partial charge on any atom is -0.379 e. The Bertz CT molecular complexity index is 217. The molecule has 2 N–H and O–H groups in total. The quantitative estimate of drug-likeness (QED) is 0.658. The summed E-state index contributed by atoms with van der Waals surface area (Å²) in [4.78, 5) is 2.51. The zero-order chi connectivity index (χ0) is 9.97. The monoisotopic (exact) mass is 196 g/mol. The average molecular weight is 196 g/mol. The Balaban J connectivity index is 1.81. The Labute approximate surface area is 85.9 Å². The summed E-state index contributed by atoms with van der Waals surface area (Å²) in [6.07, 6.45) is 5.52. The molecule has 3 unspecified atom stereocenters. The molecule has 3 atom stereocenters. The Morgan fingerprint density at radius 3 is 3.00 bits per heavy atom. The van der Waals surface area contributed by atoms with E-state index in [9.17, 15) is 0 Å². The Morgan fingerprint density at radius 1 is 1.50 bits per heavy atom. The molecule has 14 heavy (non-hydrogen) atoms. The third-order valence-electron chi connectivity index (χ3n) is 3.18. The van der Waals surface area contributed by atoms with E-state index in [-0.39, 0.29) is 6.04 Å². The highest BCUT2D eigenvalue weighted by molar-refractivity contribution is 5.05. The lowest BCUT2D eigenvalue weighted by atomic mass is 10.1. The lowest BCUT2D eigenvalue weighted by Crippen LogP contribution is -2.45. The van der Waals surface area contributed by atoms with Crippen LogP contribution in [0.4, 0.5) is 0 Å². The summed E-state index contributed by atoms with van der Waals surface area (Å²) in [5.74, 6) is 0.658. The molecular weight excluding hydrogens is 176 g/mol. The number of rotatable bonds is 2. The molecule has 2 aliphatic rings. The fourth-order valence-electron chi connectivity index (χ4n) is 2.28. The third-order valence-corrected chi connectivity index (χ3v) is 3.18. The molecule has 0 saturated carbocycles. The Kier molecular flexibility index (Phi) is 3.21. The van der Waals surface area contributed by atoms with E-state index in [1.54, 1.807) is 0 Å². The minimum atomic E-state index is 0.288. The van der Waals surface area contributed by atoms with Crippen LogP contribution in [0.5, 0.6) is 0 Å². The lowest BCUT2D eigenvalue weighted by molar-refractivity contribution is -0.00472. The van der Waals surface area contributed by atoms with E-state index in [2.05, 4.69) is 24.0 Å². The summed E-state index contributed by atoms with van der Waals surface area (Å²) in [6.45, 7) is 6.21. The van der Waals surface area contributed by atoms with Gasteiger partial charge in [-0.1, -0.05) is 12.2 Å². The molecule has 3 nitrogen and oxygen atoms in total. The van der Waals surface area contributed by atoms with Gasteiger partial charge in [0.2, 0.25) is 0 Å². The van der Waals surface area contributed by atoms with Crippen LogP contribution in [0.1, 0.15) is 13.3 Å². The first-order chi connectivity index (χ1) is 6.75. The van der Waals surface area contributed by atoms with E-state index < -0.39 is 0 Å². The number of nitrogens with zero attached hydrogens (tertiary/aromatic N) is 1. The van der Waals surface area contributed by atoms with Crippen molar-refractivity contribution in [3.8, 4) is 0 Å². The van der Waals surface area contributed by atoms with Crippen LogP contribution >= 0.6 is 0 Å². The molecule has 0 bridgehead atoms. The molecule has 0 amide bonds. The first-order valence-electron chi connectivity index (χ1n) is 5.51. The fraction of sp³-hybridized carbons (Fsp3) is 0.818. The second-order valence-electron chi connectivity index (χ2n) is 4.46. The SMILES string of the molecule is CC1COCCN1CC1C=CC(N)C1. The Hall–Kier alpha value is -0.380.